The van der Waals surface area contributed by atoms with Gasteiger partial charge in [0.15, 0.2) is 11.4 Å². The van der Waals surface area contributed by atoms with Crippen molar-refractivity contribution >= 4 is 17.5 Å². The Balaban J connectivity index is 2.01. The van der Waals surface area contributed by atoms with Crippen molar-refractivity contribution in [2.24, 2.45) is 0 Å². The van der Waals surface area contributed by atoms with Gasteiger partial charge in [-0.15, -0.1) is 0 Å². The zero-order valence-corrected chi connectivity index (χ0v) is 16.1. The smallest absolute Gasteiger partial charge is 0.338 e. The van der Waals surface area contributed by atoms with Crippen LogP contribution in [-0.4, -0.2) is 57.8 Å². The van der Waals surface area contributed by atoms with Crippen molar-refractivity contribution < 1.29 is 44.3 Å². The zero-order chi connectivity index (χ0) is 22.0. The first-order chi connectivity index (χ1) is 14.2. The standard InChI is InChI=1S/C21H18O9/c1-29-11-5-3-4-8-13(11)19(26)15-14(16(8)23)17(24)9-6-21(28,20(27)30-2)7-10(22)12(9)18(15)25/h3-5,10,22,24-25,28H,6-7H2,1-2H3/t10-,21-/m0/s1. The van der Waals surface area contributed by atoms with E-state index in [1.54, 1.807) is 0 Å². The van der Waals surface area contributed by atoms with E-state index >= 15 is 0 Å². The molecular weight excluding hydrogens is 396 g/mol. The SMILES string of the molecule is COC(=O)[C@]1(O)Cc2c(O)c3c(c(O)c2[C@@H](O)C1)C(=O)c1c(OC)cccc1C3=O. The van der Waals surface area contributed by atoms with E-state index in [0.29, 0.717) is 0 Å². The normalized spacial score (nSPS) is 22.1. The molecule has 4 N–H and O–H groups in total. The molecule has 0 spiro atoms. The molecule has 4 rings (SSSR count). The van der Waals surface area contributed by atoms with Crippen LogP contribution in [0.5, 0.6) is 17.2 Å². The number of ketones is 2. The molecule has 0 aliphatic heterocycles. The number of carbonyl (C=O) groups is 3. The highest BCUT2D eigenvalue weighted by Crippen LogP contribution is 2.50. The Labute approximate surface area is 170 Å². The van der Waals surface area contributed by atoms with Crippen LogP contribution in [0.4, 0.5) is 0 Å². The number of phenolic OH excluding ortho intramolecular Hbond substituents is 2. The molecule has 0 aromatic heterocycles. The molecule has 0 saturated heterocycles. The maximum absolute atomic E-state index is 13.2. The van der Waals surface area contributed by atoms with Crippen LogP contribution in [0.25, 0.3) is 0 Å². The quantitative estimate of drug-likeness (QED) is 0.352. The van der Waals surface area contributed by atoms with E-state index in [9.17, 15) is 34.8 Å². The van der Waals surface area contributed by atoms with Gasteiger partial charge in [-0.1, -0.05) is 12.1 Å². The number of carbonyl (C=O) groups excluding carboxylic acids is 3. The summed E-state index contributed by atoms with van der Waals surface area (Å²) < 4.78 is 9.74. The van der Waals surface area contributed by atoms with E-state index in [-0.39, 0.29) is 28.0 Å². The number of aliphatic hydroxyl groups excluding tert-OH is 1. The van der Waals surface area contributed by atoms with Crippen LogP contribution < -0.4 is 4.74 Å². The van der Waals surface area contributed by atoms with Gasteiger partial charge >= 0.3 is 5.97 Å². The molecule has 30 heavy (non-hydrogen) atoms. The first kappa shape index (κ1) is 19.9. The summed E-state index contributed by atoms with van der Waals surface area (Å²) in [5, 5.41) is 42.9. The molecule has 0 radical (unpaired) electrons. The average molecular weight is 414 g/mol. The van der Waals surface area contributed by atoms with E-state index < -0.39 is 64.7 Å². The number of phenols is 2. The third-order valence-electron chi connectivity index (χ3n) is 5.66. The largest absolute Gasteiger partial charge is 0.507 e. The monoisotopic (exact) mass is 414 g/mol. The van der Waals surface area contributed by atoms with Gasteiger partial charge in [-0.25, -0.2) is 4.79 Å². The molecular formula is C21H18O9. The molecule has 0 heterocycles. The third kappa shape index (κ3) is 2.45. The number of hydrogen-bond acceptors (Lipinski definition) is 9. The molecule has 9 heteroatoms. The first-order valence-electron chi connectivity index (χ1n) is 9.02. The minimum Gasteiger partial charge on any atom is -0.507 e. The van der Waals surface area contributed by atoms with E-state index in [1.807, 2.05) is 0 Å². The van der Waals surface area contributed by atoms with Crippen molar-refractivity contribution in [1.29, 1.82) is 0 Å². The number of rotatable bonds is 2. The van der Waals surface area contributed by atoms with Crippen molar-refractivity contribution in [2.45, 2.75) is 24.5 Å². The molecule has 2 atom stereocenters. The molecule has 156 valence electrons. The molecule has 0 bridgehead atoms. The van der Waals surface area contributed by atoms with Gasteiger partial charge in [-0.3, -0.25) is 9.59 Å². The van der Waals surface area contributed by atoms with Crippen molar-refractivity contribution in [2.75, 3.05) is 14.2 Å². The average Bonchev–Trinajstić information content (AvgIpc) is 2.72. The van der Waals surface area contributed by atoms with Crippen LogP contribution in [0.15, 0.2) is 18.2 Å². The van der Waals surface area contributed by atoms with Crippen molar-refractivity contribution in [1.82, 2.24) is 0 Å². The third-order valence-corrected chi connectivity index (χ3v) is 5.66. The van der Waals surface area contributed by atoms with Gasteiger partial charge in [-0.2, -0.15) is 0 Å². The van der Waals surface area contributed by atoms with Gasteiger partial charge in [0.25, 0.3) is 0 Å². The predicted octanol–water partition coefficient (Wildman–Crippen LogP) is 0.765. The number of esters is 1. The summed E-state index contributed by atoms with van der Waals surface area (Å²) in [6.45, 7) is 0. The predicted molar refractivity (Wildman–Crippen MR) is 99.9 cm³/mol. The number of aliphatic hydroxyl groups is 2. The summed E-state index contributed by atoms with van der Waals surface area (Å²) in [7, 11) is 2.38. The second-order valence-corrected chi connectivity index (χ2v) is 7.30. The maximum Gasteiger partial charge on any atom is 0.338 e. The lowest BCUT2D eigenvalue weighted by atomic mass is 9.73. The minimum absolute atomic E-state index is 0.0268. The van der Waals surface area contributed by atoms with Gasteiger partial charge in [-0.05, 0) is 6.07 Å². The van der Waals surface area contributed by atoms with E-state index in [4.69, 9.17) is 4.74 Å². The summed E-state index contributed by atoms with van der Waals surface area (Å²) in [4.78, 5) is 38.3. The Morgan fingerprint density at radius 2 is 1.73 bits per heavy atom. The van der Waals surface area contributed by atoms with Crippen molar-refractivity contribution in [3.05, 3.63) is 51.6 Å². The second kappa shape index (κ2) is 6.54. The number of hydrogen-bond donors (Lipinski definition) is 4. The molecule has 2 aliphatic carbocycles. The van der Waals surface area contributed by atoms with E-state index in [1.165, 1.54) is 25.3 Å². The van der Waals surface area contributed by atoms with Crippen LogP contribution in [0.2, 0.25) is 0 Å². The summed E-state index contributed by atoms with van der Waals surface area (Å²) in [5.41, 5.74) is -3.62. The molecule has 2 aromatic carbocycles. The van der Waals surface area contributed by atoms with Gasteiger partial charge in [0.2, 0.25) is 5.78 Å². The first-order valence-corrected chi connectivity index (χ1v) is 9.02. The Kier molecular flexibility index (Phi) is 4.33. The summed E-state index contributed by atoms with van der Waals surface area (Å²) in [6.07, 6.45) is -2.65. The highest BCUT2D eigenvalue weighted by atomic mass is 16.5. The fraction of sp³-hybridized carbons (Fsp3) is 0.286. The van der Waals surface area contributed by atoms with Gasteiger partial charge in [0.1, 0.15) is 17.2 Å². The van der Waals surface area contributed by atoms with Crippen LogP contribution >= 0.6 is 0 Å². The van der Waals surface area contributed by atoms with Crippen LogP contribution in [-0.2, 0) is 16.0 Å². The van der Waals surface area contributed by atoms with Gasteiger partial charge < -0.3 is 29.9 Å². The Morgan fingerprint density at radius 3 is 2.37 bits per heavy atom. The summed E-state index contributed by atoms with van der Waals surface area (Å²) in [5.74, 6) is -3.79. The van der Waals surface area contributed by atoms with E-state index in [2.05, 4.69) is 4.74 Å². The van der Waals surface area contributed by atoms with Crippen LogP contribution in [0.1, 0.15) is 55.5 Å². The highest BCUT2D eigenvalue weighted by molar-refractivity contribution is 6.31. The number of aromatic hydroxyl groups is 2. The topological polar surface area (TPSA) is 151 Å². The Hall–Kier alpha value is -3.43. The summed E-state index contributed by atoms with van der Waals surface area (Å²) in [6, 6.07) is 4.37. The van der Waals surface area contributed by atoms with E-state index in [0.717, 1.165) is 7.11 Å². The minimum atomic E-state index is -2.18. The molecule has 2 aliphatic rings. The van der Waals surface area contributed by atoms with Crippen LogP contribution in [0, 0.1) is 0 Å². The number of methoxy groups -OCH3 is 2. The lowest BCUT2D eigenvalue weighted by Gasteiger charge is -2.36. The summed E-state index contributed by atoms with van der Waals surface area (Å²) >= 11 is 0. The molecule has 0 saturated carbocycles. The van der Waals surface area contributed by atoms with Gasteiger partial charge in [0.05, 0.1) is 37.0 Å². The van der Waals surface area contributed by atoms with Crippen LogP contribution in [0.3, 0.4) is 0 Å². The molecule has 9 nitrogen and oxygen atoms in total. The number of ether oxygens (including phenoxy) is 2. The van der Waals surface area contributed by atoms with Gasteiger partial charge in [0, 0.05) is 29.5 Å². The fourth-order valence-electron chi connectivity index (χ4n) is 4.29. The molecule has 0 unspecified atom stereocenters. The fourth-order valence-corrected chi connectivity index (χ4v) is 4.29. The number of benzene rings is 2. The van der Waals surface area contributed by atoms with Crippen molar-refractivity contribution in [3.63, 3.8) is 0 Å². The lowest BCUT2D eigenvalue weighted by molar-refractivity contribution is -0.167. The highest BCUT2D eigenvalue weighted by Gasteiger charge is 2.49. The second-order valence-electron chi connectivity index (χ2n) is 7.30. The lowest BCUT2D eigenvalue weighted by Crippen LogP contribution is -2.46. The van der Waals surface area contributed by atoms with Crippen molar-refractivity contribution in [3.8, 4) is 17.2 Å². The molecule has 0 fully saturated rings. The maximum atomic E-state index is 13.2. The Bertz CT molecular complexity index is 1130. The Morgan fingerprint density at radius 1 is 1.07 bits per heavy atom. The zero-order valence-electron chi connectivity index (χ0n) is 16.1. The molecule has 0 amide bonds. The molecule has 2 aromatic rings. The number of fused-ring (bicyclic) bond motifs is 3.